The maximum atomic E-state index is 12.5. The van der Waals surface area contributed by atoms with E-state index in [9.17, 15) is 14.7 Å². The minimum atomic E-state index is -1.08. The average molecular weight is 358 g/mol. The van der Waals surface area contributed by atoms with Gasteiger partial charge in [0.1, 0.15) is 12.2 Å². The molecule has 1 fully saturated rings. The zero-order valence-corrected chi connectivity index (χ0v) is 14.9. The highest BCUT2D eigenvalue weighted by molar-refractivity contribution is 5.92. The van der Waals surface area contributed by atoms with Crippen molar-refractivity contribution in [2.24, 2.45) is 11.8 Å². The van der Waals surface area contributed by atoms with Gasteiger partial charge >= 0.3 is 11.9 Å². The van der Waals surface area contributed by atoms with E-state index < -0.39 is 30.4 Å². The van der Waals surface area contributed by atoms with Crippen LogP contribution in [0.25, 0.3) is 0 Å². The van der Waals surface area contributed by atoms with E-state index in [0.717, 1.165) is 12.0 Å². The molecule has 6 heteroatoms. The Morgan fingerprint density at radius 1 is 1.38 bits per heavy atom. The molecule has 6 nitrogen and oxygen atoms in total. The lowest BCUT2D eigenvalue weighted by atomic mass is 9.82. The van der Waals surface area contributed by atoms with E-state index in [4.69, 9.17) is 14.2 Å². The molecule has 1 N–H and O–H groups in total. The van der Waals surface area contributed by atoms with Gasteiger partial charge in [-0.25, -0.2) is 9.59 Å². The van der Waals surface area contributed by atoms with Crippen LogP contribution in [0.15, 0.2) is 46.6 Å². The quantitative estimate of drug-likeness (QED) is 0.462. The summed E-state index contributed by atoms with van der Waals surface area (Å²) in [6, 6.07) is 0. The van der Waals surface area contributed by atoms with Crippen LogP contribution in [0.5, 0.6) is 0 Å². The average Bonchev–Trinajstić information content (AvgIpc) is 3.23. The van der Waals surface area contributed by atoms with Gasteiger partial charge in [0.25, 0.3) is 0 Å². The molecular weight excluding hydrogens is 336 g/mol. The van der Waals surface area contributed by atoms with Gasteiger partial charge in [0.15, 0.2) is 6.29 Å². The summed E-state index contributed by atoms with van der Waals surface area (Å²) in [7, 11) is 0. The van der Waals surface area contributed by atoms with E-state index in [1.54, 1.807) is 0 Å². The number of fused-ring (bicyclic) bond motifs is 3. The summed E-state index contributed by atoms with van der Waals surface area (Å²) in [5.41, 5.74) is 4.24. The largest absolute Gasteiger partial charge is 0.458 e. The summed E-state index contributed by atoms with van der Waals surface area (Å²) in [6.07, 6.45) is 2.88. The molecule has 0 aromatic rings. The first-order valence-electron chi connectivity index (χ1n) is 8.83. The Balaban J connectivity index is 1.66. The first-order chi connectivity index (χ1) is 12.4. The monoisotopic (exact) mass is 358 g/mol. The van der Waals surface area contributed by atoms with Gasteiger partial charge in [-0.2, -0.15) is 0 Å². The van der Waals surface area contributed by atoms with Crippen LogP contribution in [0, 0.1) is 11.8 Å². The van der Waals surface area contributed by atoms with Gasteiger partial charge in [-0.05, 0) is 26.3 Å². The summed E-state index contributed by atoms with van der Waals surface area (Å²) in [6.45, 7) is 8.02. The molecule has 138 valence electrons. The Morgan fingerprint density at radius 3 is 2.85 bits per heavy atom. The standard InChI is InChI=1S/C20H22O6/c1-9-4-5-13-10(2)6-14(25-20(23)12-7-15(21)24-8-12)17-11(3)19(22)26-18(17)16(9)13/h4,7,14-18,21H,3,5-6,8H2,1-2H3. The molecular formula is C20H22O6. The topological polar surface area (TPSA) is 82.1 Å². The van der Waals surface area contributed by atoms with E-state index in [-0.39, 0.29) is 24.0 Å². The third-order valence-electron chi connectivity index (χ3n) is 5.83. The molecule has 0 spiro atoms. The lowest BCUT2D eigenvalue weighted by molar-refractivity contribution is -0.148. The van der Waals surface area contributed by atoms with Crippen molar-refractivity contribution in [1.82, 2.24) is 0 Å². The second-order valence-electron chi connectivity index (χ2n) is 7.40. The molecule has 5 atom stereocenters. The highest BCUT2D eigenvalue weighted by Crippen LogP contribution is 2.49. The molecule has 0 saturated carbocycles. The number of allylic oxidation sites excluding steroid dienone is 1. The van der Waals surface area contributed by atoms with Crippen LogP contribution in [-0.2, 0) is 23.8 Å². The van der Waals surface area contributed by atoms with Crippen LogP contribution in [0.1, 0.15) is 26.7 Å². The van der Waals surface area contributed by atoms with Gasteiger partial charge in [0.2, 0.25) is 0 Å². The fourth-order valence-electron chi connectivity index (χ4n) is 4.47. The van der Waals surface area contributed by atoms with E-state index in [1.807, 2.05) is 13.8 Å². The first-order valence-corrected chi connectivity index (χ1v) is 8.83. The Hall–Kier alpha value is -2.18. The fourth-order valence-corrected chi connectivity index (χ4v) is 4.47. The van der Waals surface area contributed by atoms with E-state index in [0.29, 0.717) is 12.0 Å². The Bertz CT molecular complexity index is 786. The van der Waals surface area contributed by atoms with Crippen LogP contribution in [0.4, 0.5) is 0 Å². The molecule has 2 aliphatic heterocycles. The molecule has 0 aromatic carbocycles. The Labute approximate surface area is 151 Å². The van der Waals surface area contributed by atoms with Crippen molar-refractivity contribution in [1.29, 1.82) is 0 Å². The molecule has 0 aromatic heterocycles. The van der Waals surface area contributed by atoms with Crippen molar-refractivity contribution >= 4 is 11.9 Å². The van der Waals surface area contributed by atoms with Crippen molar-refractivity contribution in [2.75, 3.05) is 6.61 Å². The number of aliphatic hydroxyl groups is 1. The normalized spacial score (nSPS) is 36.2. The Kier molecular flexibility index (Phi) is 4.12. The second-order valence-corrected chi connectivity index (χ2v) is 7.40. The second kappa shape index (κ2) is 6.21. The van der Waals surface area contributed by atoms with Gasteiger partial charge in [0.05, 0.1) is 18.1 Å². The van der Waals surface area contributed by atoms with Crippen LogP contribution in [0.2, 0.25) is 0 Å². The van der Waals surface area contributed by atoms with Gasteiger partial charge in [0, 0.05) is 17.9 Å². The SMILES string of the molecule is C=C1C(=O)OC2C3C(C)=CCC3=C(C)CC(OC(=O)C3=CC(O)OC3)C12. The highest BCUT2D eigenvalue weighted by Gasteiger charge is 2.52. The number of aliphatic hydroxyl groups excluding tert-OH is 1. The van der Waals surface area contributed by atoms with Crippen molar-refractivity contribution in [3.05, 3.63) is 46.6 Å². The van der Waals surface area contributed by atoms with Crippen molar-refractivity contribution in [2.45, 2.75) is 45.2 Å². The minimum Gasteiger partial charge on any atom is -0.458 e. The number of hydrogen-bond acceptors (Lipinski definition) is 6. The van der Waals surface area contributed by atoms with Crippen LogP contribution in [-0.4, -0.2) is 42.1 Å². The highest BCUT2D eigenvalue weighted by atomic mass is 16.6. The zero-order valence-electron chi connectivity index (χ0n) is 14.9. The lowest BCUT2D eigenvalue weighted by Gasteiger charge is -2.28. The van der Waals surface area contributed by atoms with Crippen molar-refractivity contribution in [3.63, 3.8) is 0 Å². The molecule has 26 heavy (non-hydrogen) atoms. The third-order valence-corrected chi connectivity index (χ3v) is 5.83. The van der Waals surface area contributed by atoms with Crippen molar-refractivity contribution < 1.29 is 28.9 Å². The summed E-state index contributed by atoms with van der Waals surface area (Å²) in [5.74, 6) is -1.30. The smallest absolute Gasteiger partial charge is 0.336 e. The summed E-state index contributed by atoms with van der Waals surface area (Å²) in [5, 5.41) is 9.41. The first kappa shape index (κ1) is 17.2. The van der Waals surface area contributed by atoms with E-state index in [2.05, 4.69) is 12.7 Å². The number of esters is 2. The molecule has 4 aliphatic rings. The molecule has 4 rings (SSSR count). The molecule has 0 bridgehead atoms. The van der Waals surface area contributed by atoms with Gasteiger partial charge < -0.3 is 19.3 Å². The third kappa shape index (κ3) is 2.64. The Morgan fingerprint density at radius 2 is 2.15 bits per heavy atom. The zero-order chi connectivity index (χ0) is 18.6. The molecule has 0 radical (unpaired) electrons. The number of carbonyl (C=O) groups excluding carboxylic acids is 2. The summed E-state index contributed by atoms with van der Waals surface area (Å²) in [4.78, 5) is 24.7. The molecule has 2 aliphatic carbocycles. The molecule has 5 unspecified atom stereocenters. The van der Waals surface area contributed by atoms with Crippen molar-refractivity contribution in [3.8, 4) is 0 Å². The minimum absolute atomic E-state index is 0.0156. The maximum Gasteiger partial charge on any atom is 0.336 e. The van der Waals surface area contributed by atoms with Crippen LogP contribution in [0.3, 0.4) is 0 Å². The van der Waals surface area contributed by atoms with Gasteiger partial charge in [-0.15, -0.1) is 0 Å². The fraction of sp³-hybridized carbons (Fsp3) is 0.500. The predicted octanol–water partition coefficient (Wildman–Crippen LogP) is 1.96. The summed E-state index contributed by atoms with van der Waals surface area (Å²) < 4.78 is 16.4. The van der Waals surface area contributed by atoms with Crippen LogP contribution < -0.4 is 0 Å². The molecule has 2 heterocycles. The van der Waals surface area contributed by atoms with E-state index >= 15 is 0 Å². The summed E-state index contributed by atoms with van der Waals surface area (Å²) >= 11 is 0. The molecule has 0 amide bonds. The van der Waals surface area contributed by atoms with Gasteiger partial charge in [-0.3, -0.25) is 0 Å². The lowest BCUT2D eigenvalue weighted by Crippen LogP contribution is -2.36. The predicted molar refractivity (Wildman–Crippen MR) is 91.6 cm³/mol. The maximum absolute atomic E-state index is 12.5. The van der Waals surface area contributed by atoms with Crippen LogP contribution >= 0.6 is 0 Å². The van der Waals surface area contributed by atoms with Gasteiger partial charge in [-0.1, -0.05) is 29.4 Å². The van der Waals surface area contributed by atoms with E-state index in [1.165, 1.54) is 17.2 Å². The number of ether oxygens (including phenoxy) is 3. The number of carbonyl (C=O) groups is 2. The number of rotatable bonds is 2. The number of hydrogen-bond donors (Lipinski definition) is 1. The molecule has 1 saturated heterocycles.